The number of carbonyl (C=O) groups is 2. The molecule has 1 heterocycles. The summed E-state index contributed by atoms with van der Waals surface area (Å²) in [5.41, 5.74) is -0.236. The summed E-state index contributed by atoms with van der Waals surface area (Å²) in [5.74, 6) is -0.255. The Balaban J connectivity index is 2.41. The number of nitrogens with zero attached hydrogens (tertiary/aromatic N) is 1. The van der Waals surface area contributed by atoms with Crippen LogP contribution < -0.4 is 10.2 Å². The van der Waals surface area contributed by atoms with Crippen LogP contribution in [0.25, 0.3) is 0 Å². The van der Waals surface area contributed by atoms with Gasteiger partial charge < -0.3 is 10.2 Å². The smallest absolute Gasteiger partial charge is 0.252 e. The highest BCUT2D eigenvalue weighted by atomic mass is 35.5. The zero-order chi connectivity index (χ0) is 14.9. The van der Waals surface area contributed by atoms with Gasteiger partial charge in [-0.15, -0.1) is 0 Å². The van der Waals surface area contributed by atoms with Crippen LogP contribution in [-0.4, -0.2) is 23.9 Å². The predicted octanol–water partition coefficient (Wildman–Crippen LogP) is 3.02. The zero-order valence-corrected chi connectivity index (χ0v) is 12.9. The summed E-state index contributed by atoms with van der Waals surface area (Å²) in [6.07, 6.45) is 0.789. The fourth-order valence-electron chi connectivity index (χ4n) is 2.18. The van der Waals surface area contributed by atoms with Gasteiger partial charge in [0.1, 0.15) is 5.54 Å². The molecule has 4 nitrogen and oxygen atoms in total. The van der Waals surface area contributed by atoms with E-state index in [-0.39, 0.29) is 18.2 Å². The normalized spacial score (nSPS) is 23.5. The Morgan fingerprint density at radius 2 is 2.00 bits per heavy atom. The molecule has 0 bridgehead atoms. The second-order valence-corrected chi connectivity index (χ2v) is 5.85. The van der Waals surface area contributed by atoms with E-state index >= 15 is 0 Å². The minimum atomic E-state index is -0.889. The third-order valence-corrected chi connectivity index (χ3v) is 4.36. The molecule has 0 aromatic heterocycles. The lowest BCUT2D eigenvalue weighted by Gasteiger charge is -2.31. The molecule has 1 unspecified atom stereocenters. The number of rotatable bonds is 2. The topological polar surface area (TPSA) is 49.4 Å². The van der Waals surface area contributed by atoms with Crippen molar-refractivity contribution in [2.75, 3.05) is 11.4 Å². The molecule has 1 aromatic rings. The van der Waals surface area contributed by atoms with Crippen LogP contribution in [0.4, 0.5) is 5.69 Å². The van der Waals surface area contributed by atoms with Crippen molar-refractivity contribution in [2.24, 2.45) is 0 Å². The summed E-state index contributed by atoms with van der Waals surface area (Å²) in [7, 11) is 0. The summed E-state index contributed by atoms with van der Waals surface area (Å²) in [6, 6.07) is 5.03. The molecule has 1 aromatic carbocycles. The number of hydrogen-bond donors (Lipinski definition) is 1. The van der Waals surface area contributed by atoms with Gasteiger partial charge in [0.05, 0.1) is 10.0 Å². The lowest BCUT2D eigenvalue weighted by molar-refractivity contribution is -0.129. The molecule has 1 aliphatic rings. The lowest BCUT2D eigenvalue weighted by atomic mass is 9.97. The first-order valence-electron chi connectivity index (χ1n) is 6.45. The van der Waals surface area contributed by atoms with Crippen LogP contribution in [-0.2, 0) is 9.59 Å². The van der Waals surface area contributed by atoms with Gasteiger partial charge in [-0.25, -0.2) is 0 Å². The Labute approximate surface area is 128 Å². The molecule has 2 rings (SSSR count). The quantitative estimate of drug-likeness (QED) is 0.912. The SMILES string of the molecule is CCC1(C)NC(=O)CCN(c2ccc(Cl)c(Cl)c2)C1=O. The van der Waals surface area contributed by atoms with E-state index < -0.39 is 5.54 Å². The first kappa shape index (κ1) is 15.1. The fourth-order valence-corrected chi connectivity index (χ4v) is 2.47. The van der Waals surface area contributed by atoms with E-state index in [1.807, 2.05) is 6.92 Å². The van der Waals surface area contributed by atoms with Crippen LogP contribution >= 0.6 is 23.2 Å². The van der Waals surface area contributed by atoms with E-state index in [4.69, 9.17) is 23.2 Å². The summed E-state index contributed by atoms with van der Waals surface area (Å²) >= 11 is 11.9. The van der Waals surface area contributed by atoms with E-state index in [0.717, 1.165) is 0 Å². The Hall–Kier alpha value is -1.26. The minimum absolute atomic E-state index is 0.120. The van der Waals surface area contributed by atoms with Crippen LogP contribution in [0.15, 0.2) is 18.2 Å². The number of benzene rings is 1. The molecule has 1 aliphatic heterocycles. The molecule has 0 spiro atoms. The van der Waals surface area contributed by atoms with Gasteiger partial charge in [-0.05, 0) is 31.5 Å². The molecule has 20 heavy (non-hydrogen) atoms. The average Bonchev–Trinajstić information content (AvgIpc) is 2.52. The highest BCUT2D eigenvalue weighted by Gasteiger charge is 2.39. The summed E-state index contributed by atoms with van der Waals surface area (Å²) < 4.78 is 0. The standard InChI is InChI=1S/C14H16Cl2N2O2/c1-3-14(2)13(20)18(7-6-12(19)17-14)9-4-5-10(15)11(16)8-9/h4-5,8H,3,6-7H2,1-2H3,(H,17,19). The number of amides is 2. The molecule has 6 heteroatoms. The fraction of sp³-hybridized carbons (Fsp3) is 0.429. The maximum Gasteiger partial charge on any atom is 0.252 e. The van der Waals surface area contributed by atoms with Gasteiger partial charge in [-0.1, -0.05) is 30.1 Å². The largest absolute Gasteiger partial charge is 0.342 e. The van der Waals surface area contributed by atoms with Crippen molar-refractivity contribution < 1.29 is 9.59 Å². The number of hydrogen-bond acceptors (Lipinski definition) is 2. The summed E-state index contributed by atoms with van der Waals surface area (Å²) in [4.78, 5) is 26.0. The highest BCUT2D eigenvalue weighted by Crippen LogP contribution is 2.30. The number of halogens is 2. The first-order chi connectivity index (χ1) is 9.37. The van der Waals surface area contributed by atoms with Crippen LogP contribution in [0.3, 0.4) is 0 Å². The molecule has 2 amide bonds. The second kappa shape index (κ2) is 5.62. The van der Waals surface area contributed by atoms with Crippen molar-refractivity contribution in [3.8, 4) is 0 Å². The molecule has 1 atom stereocenters. The number of nitrogens with one attached hydrogen (secondary N) is 1. The maximum atomic E-state index is 12.7. The first-order valence-corrected chi connectivity index (χ1v) is 7.21. The molecule has 1 saturated heterocycles. The van der Waals surface area contributed by atoms with Crippen LogP contribution in [0.2, 0.25) is 10.0 Å². The molecule has 108 valence electrons. The molecule has 1 N–H and O–H groups in total. The zero-order valence-electron chi connectivity index (χ0n) is 11.4. The third-order valence-electron chi connectivity index (χ3n) is 3.62. The van der Waals surface area contributed by atoms with Crippen molar-refractivity contribution in [1.29, 1.82) is 0 Å². The molecule has 0 radical (unpaired) electrons. The molecular weight excluding hydrogens is 299 g/mol. The maximum absolute atomic E-state index is 12.7. The average molecular weight is 315 g/mol. The molecular formula is C14H16Cl2N2O2. The second-order valence-electron chi connectivity index (χ2n) is 5.04. The van der Waals surface area contributed by atoms with Crippen molar-refractivity contribution >= 4 is 40.7 Å². The van der Waals surface area contributed by atoms with E-state index in [0.29, 0.717) is 28.7 Å². The summed E-state index contributed by atoms with van der Waals surface area (Å²) in [6.45, 7) is 3.94. The Bertz CT molecular complexity index is 562. The van der Waals surface area contributed by atoms with Gasteiger partial charge >= 0.3 is 0 Å². The van der Waals surface area contributed by atoms with Crippen LogP contribution in [0.1, 0.15) is 26.7 Å². The predicted molar refractivity (Wildman–Crippen MR) is 80.3 cm³/mol. The van der Waals surface area contributed by atoms with Crippen molar-refractivity contribution in [2.45, 2.75) is 32.2 Å². The minimum Gasteiger partial charge on any atom is -0.342 e. The number of anilines is 1. The molecule has 1 fully saturated rings. The van der Waals surface area contributed by atoms with Gasteiger partial charge in [0.2, 0.25) is 5.91 Å². The van der Waals surface area contributed by atoms with Crippen molar-refractivity contribution in [3.63, 3.8) is 0 Å². The van der Waals surface area contributed by atoms with E-state index in [1.165, 1.54) is 0 Å². The van der Waals surface area contributed by atoms with Crippen LogP contribution in [0, 0.1) is 0 Å². The van der Waals surface area contributed by atoms with Gasteiger partial charge in [0.15, 0.2) is 0 Å². The third kappa shape index (κ3) is 2.76. The van der Waals surface area contributed by atoms with Crippen molar-refractivity contribution in [3.05, 3.63) is 28.2 Å². The lowest BCUT2D eigenvalue weighted by Crippen LogP contribution is -2.54. The Morgan fingerprint density at radius 3 is 2.60 bits per heavy atom. The van der Waals surface area contributed by atoms with E-state index in [1.54, 1.807) is 30.0 Å². The van der Waals surface area contributed by atoms with Gasteiger partial charge in [-0.2, -0.15) is 0 Å². The van der Waals surface area contributed by atoms with Gasteiger partial charge in [0, 0.05) is 18.7 Å². The van der Waals surface area contributed by atoms with Gasteiger partial charge in [0.25, 0.3) is 5.91 Å². The van der Waals surface area contributed by atoms with Crippen LogP contribution in [0.5, 0.6) is 0 Å². The molecule has 0 aliphatic carbocycles. The number of carbonyl (C=O) groups excluding carboxylic acids is 2. The Morgan fingerprint density at radius 1 is 1.30 bits per heavy atom. The molecule has 0 saturated carbocycles. The summed E-state index contributed by atoms with van der Waals surface area (Å²) in [5, 5.41) is 3.61. The van der Waals surface area contributed by atoms with Gasteiger partial charge in [-0.3, -0.25) is 9.59 Å². The van der Waals surface area contributed by atoms with Crippen molar-refractivity contribution in [1.82, 2.24) is 5.32 Å². The monoisotopic (exact) mass is 314 g/mol. The van der Waals surface area contributed by atoms with E-state index in [9.17, 15) is 9.59 Å². The van der Waals surface area contributed by atoms with E-state index in [2.05, 4.69) is 5.32 Å². The Kier molecular flexibility index (Phi) is 4.25. The highest BCUT2D eigenvalue weighted by molar-refractivity contribution is 6.42.